The molecule has 1 aromatic rings. The van der Waals surface area contributed by atoms with Gasteiger partial charge in [0.05, 0.1) is 4.90 Å². The number of nitrogens with one attached hydrogen (secondary N) is 1. The molecule has 1 saturated heterocycles. The number of rotatable bonds is 2. The summed E-state index contributed by atoms with van der Waals surface area (Å²) in [6.07, 6.45) is 0.0996. The molecule has 1 unspecified atom stereocenters. The Bertz CT molecular complexity index is 606. The van der Waals surface area contributed by atoms with Gasteiger partial charge < -0.3 is 0 Å². The van der Waals surface area contributed by atoms with Crippen LogP contribution in [0.2, 0.25) is 0 Å². The lowest BCUT2D eigenvalue weighted by Gasteiger charge is -2.21. The first-order valence-electron chi connectivity index (χ1n) is 5.55. The van der Waals surface area contributed by atoms with Gasteiger partial charge in [-0.25, -0.2) is 8.42 Å². The van der Waals surface area contributed by atoms with Gasteiger partial charge >= 0.3 is 0 Å². The molecule has 6 heteroatoms. The SMILES string of the molecule is Cc1cccc(S(=O)(=O)C2CCC(=O)NC2=O)c1. The van der Waals surface area contributed by atoms with Gasteiger partial charge in [-0.15, -0.1) is 0 Å². The first kappa shape index (κ1) is 12.8. The van der Waals surface area contributed by atoms with Crippen LogP contribution in [0.25, 0.3) is 0 Å². The van der Waals surface area contributed by atoms with Gasteiger partial charge in [0.25, 0.3) is 0 Å². The second-order valence-corrected chi connectivity index (χ2v) is 6.43. The number of carbonyl (C=O) groups excluding carboxylic acids is 2. The van der Waals surface area contributed by atoms with E-state index >= 15 is 0 Å². The number of hydrogen-bond donors (Lipinski definition) is 1. The fourth-order valence-corrected chi connectivity index (χ4v) is 3.64. The van der Waals surface area contributed by atoms with E-state index in [4.69, 9.17) is 0 Å². The summed E-state index contributed by atoms with van der Waals surface area (Å²) >= 11 is 0. The number of sulfone groups is 1. The van der Waals surface area contributed by atoms with Crippen LogP contribution in [0.15, 0.2) is 29.2 Å². The molecule has 18 heavy (non-hydrogen) atoms. The highest BCUT2D eigenvalue weighted by atomic mass is 32.2. The van der Waals surface area contributed by atoms with Gasteiger partial charge in [-0.05, 0) is 31.0 Å². The van der Waals surface area contributed by atoms with Gasteiger partial charge in [-0.3, -0.25) is 14.9 Å². The molecule has 1 aliphatic heterocycles. The number of benzene rings is 1. The van der Waals surface area contributed by atoms with Crippen molar-refractivity contribution in [2.75, 3.05) is 0 Å². The molecule has 0 aromatic heterocycles. The van der Waals surface area contributed by atoms with Gasteiger partial charge in [0.2, 0.25) is 11.8 Å². The fraction of sp³-hybridized carbons (Fsp3) is 0.333. The molecule has 1 fully saturated rings. The van der Waals surface area contributed by atoms with Crippen LogP contribution in [0.1, 0.15) is 18.4 Å². The molecular formula is C12H13NO4S. The molecule has 0 bridgehead atoms. The van der Waals surface area contributed by atoms with Crippen molar-refractivity contribution in [2.45, 2.75) is 29.9 Å². The largest absolute Gasteiger partial charge is 0.295 e. The average Bonchev–Trinajstić information content (AvgIpc) is 2.28. The molecule has 2 rings (SSSR count). The lowest BCUT2D eigenvalue weighted by molar-refractivity contribution is -0.132. The number of hydrogen-bond acceptors (Lipinski definition) is 4. The second kappa shape index (κ2) is 4.53. The Labute approximate surface area is 105 Å². The van der Waals surface area contributed by atoms with Gasteiger partial charge in [-0.1, -0.05) is 12.1 Å². The summed E-state index contributed by atoms with van der Waals surface area (Å²) in [7, 11) is -3.72. The zero-order valence-corrected chi connectivity index (χ0v) is 10.7. The van der Waals surface area contributed by atoms with Crippen LogP contribution < -0.4 is 5.32 Å². The average molecular weight is 267 g/mol. The van der Waals surface area contributed by atoms with E-state index in [1.54, 1.807) is 19.1 Å². The molecule has 96 valence electrons. The number of amides is 2. The van der Waals surface area contributed by atoms with Crippen LogP contribution >= 0.6 is 0 Å². The van der Waals surface area contributed by atoms with E-state index in [-0.39, 0.29) is 17.7 Å². The Balaban J connectivity index is 2.37. The van der Waals surface area contributed by atoms with Crippen LogP contribution in [-0.4, -0.2) is 25.5 Å². The highest BCUT2D eigenvalue weighted by Gasteiger charge is 2.37. The summed E-state index contributed by atoms with van der Waals surface area (Å²) in [5.41, 5.74) is 0.809. The van der Waals surface area contributed by atoms with E-state index in [2.05, 4.69) is 5.32 Å². The molecule has 0 radical (unpaired) electrons. The van der Waals surface area contributed by atoms with Crippen LogP contribution in [0.5, 0.6) is 0 Å². The summed E-state index contributed by atoms with van der Waals surface area (Å²) < 4.78 is 24.6. The molecule has 0 aliphatic carbocycles. The molecule has 1 aliphatic rings. The standard InChI is InChI=1S/C12H13NO4S/c1-8-3-2-4-9(7-8)18(16,17)10-5-6-11(14)13-12(10)15/h2-4,7,10H,5-6H2,1H3,(H,13,14,15). The van der Waals surface area contributed by atoms with Crippen LogP contribution in [0.3, 0.4) is 0 Å². The summed E-state index contributed by atoms with van der Waals surface area (Å²) in [4.78, 5) is 22.7. The van der Waals surface area contributed by atoms with Crippen LogP contribution in [0.4, 0.5) is 0 Å². The molecule has 1 aromatic carbocycles. The molecular weight excluding hydrogens is 254 g/mol. The first-order valence-corrected chi connectivity index (χ1v) is 7.10. The maximum atomic E-state index is 12.3. The number of carbonyl (C=O) groups is 2. The smallest absolute Gasteiger partial charge is 0.245 e. The van der Waals surface area contributed by atoms with E-state index in [1.807, 2.05) is 0 Å². The van der Waals surface area contributed by atoms with Crippen molar-refractivity contribution >= 4 is 21.7 Å². The zero-order chi connectivity index (χ0) is 13.3. The third-order valence-electron chi connectivity index (χ3n) is 2.88. The summed E-state index contributed by atoms with van der Waals surface area (Å²) in [5.74, 6) is -1.15. The lowest BCUT2D eigenvalue weighted by atomic mass is 10.1. The van der Waals surface area contributed by atoms with Gasteiger partial charge in [0.15, 0.2) is 9.84 Å². The quantitative estimate of drug-likeness (QED) is 0.795. The normalized spacial score (nSPS) is 20.6. The molecule has 2 amide bonds. The molecule has 1 N–H and O–H groups in total. The van der Waals surface area contributed by atoms with Crippen molar-refractivity contribution < 1.29 is 18.0 Å². The summed E-state index contributed by atoms with van der Waals surface area (Å²) in [6.45, 7) is 1.78. The topological polar surface area (TPSA) is 80.3 Å². The Morgan fingerprint density at radius 3 is 2.61 bits per heavy atom. The third kappa shape index (κ3) is 2.28. The Morgan fingerprint density at radius 2 is 2.00 bits per heavy atom. The van der Waals surface area contributed by atoms with E-state index in [1.165, 1.54) is 12.1 Å². The second-order valence-electron chi connectivity index (χ2n) is 4.30. The molecule has 1 atom stereocenters. The number of imide groups is 1. The monoisotopic (exact) mass is 267 g/mol. The van der Waals surface area contributed by atoms with Gasteiger partial charge in [-0.2, -0.15) is 0 Å². The highest BCUT2D eigenvalue weighted by Crippen LogP contribution is 2.22. The zero-order valence-electron chi connectivity index (χ0n) is 9.84. The molecule has 5 nitrogen and oxygen atoms in total. The summed E-state index contributed by atoms with van der Waals surface area (Å²) in [5, 5.41) is 0.893. The van der Waals surface area contributed by atoms with Crippen molar-refractivity contribution in [2.24, 2.45) is 0 Å². The maximum Gasteiger partial charge on any atom is 0.245 e. The minimum atomic E-state index is -3.72. The Kier molecular flexibility index (Phi) is 3.21. The van der Waals surface area contributed by atoms with Crippen molar-refractivity contribution in [1.82, 2.24) is 5.32 Å². The Hall–Kier alpha value is -1.69. The van der Waals surface area contributed by atoms with E-state index < -0.39 is 26.9 Å². The number of aryl methyl sites for hydroxylation is 1. The van der Waals surface area contributed by atoms with Crippen molar-refractivity contribution in [3.05, 3.63) is 29.8 Å². The van der Waals surface area contributed by atoms with Gasteiger partial charge in [0.1, 0.15) is 5.25 Å². The van der Waals surface area contributed by atoms with E-state index in [0.717, 1.165) is 5.56 Å². The molecule has 1 heterocycles. The Morgan fingerprint density at radius 1 is 1.28 bits per heavy atom. The minimum Gasteiger partial charge on any atom is -0.295 e. The number of piperidine rings is 1. The fourth-order valence-electron chi connectivity index (χ4n) is 1.93. The van der Waals surface area contributed by atoms with E-state index in [9.17, 15) is 18.0 Å². The van der Waals surface area contributed by atoms with Crippen molar-refractivity contribution in [3.63, 3.8) is 0 Å². The minimum absolute atomic E-state index is 0.0426. The van der Waals surface area contributed by atoms with Crippen LogP contribution in [-0.2, 0) is 19.4 Å². The van der Waals surface area contributed by atoms with Gasteiger partial charge in [0, 0.05) is 6.42 Å². The third-order valence-corrected chi connectivity index (χ3v) is 4.99. The predicted molar refractivity (Wildman–Crippen MR) is 64.5 cm³/mol. The summed E-state index contributed by atoms with van der Waals surface area (Å²) in [6, 6.07) is 6.41. The predicted octanol–water partition coefficient (Wildman–Crippen LogP) is 0.574. The van der Waals surface area contributed by atoms with Crippen molar-refractivity contribution in [3.8, 4) is 0 Å². The highest BCUT2D eigenvalue weighted by molar-refractivity contribution is 7.92. The van der Waals surface area contributed by atoms with E-state index in [0.29, 0.717) is 0 Å². The lowest BCUT2D eigenvalue weighted by Crippen LogP contribution is -2.47. The van der Waals surface area contributed by atoms with Crippen molar-refractivity contribution in [1.29, 1.82) is 0 Å². The molecule has 0 spiro atoms. The van der Waals surface area contributed by atoms with Crippen LogP contribution in [0, 0.1) is 6.92 Å². The molecule has 0 saturated carbocycles. The maximum absolute atomic E-state index is 12.3. The first-order chi connectivity index (χ1) is 8.41.